The predicted octanol–water partition coefficient (Wildman–Crippen LogP) is 7.07. The number of ether oxygens (including phenoxy) is 1. The molecular weight excluding hydrogens is 574 g/mol. The van der Waals surface area contributed by atoms with Crippen molar-refractivity contribution in [3.8, 4) is 0 Å². The molecule has 3 aromatic carbocycles. The molecule has 10 heteroatoms. The van der Waals surface area contributed by atoms with Gasteiger partial charge in [-0.2, -0.15) is 17.2 Å². The van der Waals surface area contributed by atoms with Crippen molar-refractivity contribution in [1.82, 2.24) is 0 Å². The summed E-state index contributed by atoms with van der Waals surface area (Å²) in [5, 5.41) is -4.16. The Kier molecular flexibility index (Phi) is 10.1. The first-order chi connectivity index (χ1) is 17.2. The Balaban J connectivity index is 2.03. The number of benzene rings is 3. The maximum atomic E-state index is 15.1. The number of rotatable bonds is 13. The van der Waals surface area contributed by atoms with E-state index in [2.05, 4.69) is 20.7 Å². The molecule has 0 bridgehead atoms. The fourth-order valence-corrected chi connectivity index (χ4v) is 8.92. The smallest absolute Gasteiger partial charge is 0.460 e. The van der Waals surface area contributed by atoms with Crippen LogP contribution in [0.3, 0.4) is 0 Å². The Labute approximate surface area is 220 Å². The summed E-state index contributed by atoms with van der Waals surface area (Å²) in [5.41, 5.74) is 0.688. The number of hydrogen-bond acceptors (Lipinski definition) is 5. The average molecular weight is 602 g/mol. The molecule has 0 heterocycles. The van der Waals surface area contributed by atoms with E-state index in [0.717, 1.165) is 11.8 Å². The van der Waals surface area contributed by atoms with Crippen molar-refractivity contribution < 1.29 is 30.4 Å². The van der Waals surface area contributed by atoms with Gasteiger partial charge in [-0.05, 0) is 49.1 Å². The molecule has 5 nitrogen and oxygen atoms in total. The van der Waals surface area contributed by atoms with Crippen LogP contribution in [0.4, 0.5) is 8.78 Å². The molecular formula is C26H27BrF2O5S2. The van der Waals surface area contributed by atoms with Crippen molar-refractivity contribution in [2.45, 2.75) is 40.1 Å². The van der Waals surface area contributed by atoms with Crippen LogP contribution in [0.15, 0.2) is 101 Å². The molecule has 3 rings (SSSR count). The van der Waals surface area contributed by atoms with E-state index >= 15 is 8.78 Å². The number of unbranched alkanes of at least 4 members (excludes halogenated alkanes) is 2. The van der Waals surface area contributed by atoms with Gasteiger partial charge in [-0.3, -0.25) is 0 Å². The number of esters is 1. The second-order valence-corrected chi connectivity index (χ2v) is 13.2. The van der Waals surface area contributed by atoms with E-state index in [-0.39, 0.29) is 12.4 Å². The standard InChI is InChI=1S/C26H27BrF2O5S2/c27-19-11-4-12-20-33-25(30)26(28,29)36(31,32)34-35(23-15-7-2-8-16-23,24-17-9-3-10-18-24)21-22-13-5-1-6-14-22/h1-3,5-10,13-18H,4,11-12,19-21H2. The van der Waals surface area contributed by atoms with Gasteiger partial charge >= 0.3 is 21.3 Å². The third kappa shape index (κ3) is 6.73. The Bertz CT molecular complexity index is 1170. The topological polar surface area (TPSA) is 69.7 Å². The highest BCUT2D eigenvalue weighted by atomic mass is 79.9. The van der Waals surface area contributed by atoms with Gasteiger partial charge in [-0.1, -0.05) is 93.0 Å². The highest BCUT2D eigenvalue weighted by Gasteiger charge is 2.58. The van der Waals surface area contributed by atoms with Crippen LogP contribution in [0.25, 0.3) is 0 Å². The molecule has 3 aromatic rings. The molecule has 0 saturated carbocycles. The van der Waals surface area contributed by atoms with Crippen molar-refractivity contribution in [2.75, 3.05) is 11.9 Å². The first-order valence-corrected chi connectivity index (χ1v) is 15.5. The molecule has 0 aliphatic rings. The third-order valence-corrected chi connectivity index (χ3v) is 11.0. The first kappa shape index (κ1) is 28.3. The fraction of sp³-hybridized carbons (Fsp3) is 0.269. The summed E-state index contributed by atoms with van der Waals surface area (Å²) in [7, 11) is -8.85. The molecule has 0 fully saturated rings. The number of alkyl halides is 3. The summed E-state index contributed by atoms with van der Waals surface area (Å²) >= 11 is 3.26. The second kappa shape index (κ2) is 12.8. The largest absolute Gasteiger partial charge is 0.466 e. The van der Waals surface area contributed by atoms with E-state index < -0.39 is 31.7 Å². The summed E-state index contributed by atoms with van der Waals surface area (Å²) in [5.74, 6) is -2.14. The lowest BCUT2D eigenvalue weighted by Gasteiger charge is -2.39. The summed E-state index contributed by atoms with van der Waals surface area (Å²) in [6.45, 7) is -0.309. The lowest BCUT2D eigenvalue weighted by molar-refractivity contribution is -0.161. The van der Waals surface area contributed by atoms with E-state index in [0.29, 0.717) is 28.2 Å². The van der Waals surface area contributed by atoms with Gasteiger partial charge in [0.15, 0.2) is 0 Å². The third-order valence-electron chi connectivity index (χ3n) is 5.23. The monoisotopic (exact) mass is 600 g/mol. The maximum absolute atomic E-state index is 15.1. The Morgan fingerprint density at radius 2 is 1.28 bits per heavy atom. The quantitative estimate of drug-likeness (QED) is 0.119. The molecule has 0 saturated heterocycles. The van der Waals surface area contributed by atoms with E-state index in [1.165, 1.54) is 0 Å². The lowest BCUT2D eigenvalue weighted by Crippen LogP contribution is -2.41. The molecule has 0 spiro atoms. The molecule has 0 unspecified atom stereocenters. The molecule has 0 aromatic heterocycles. The van der Waals surface area contributed by atoms with Crippen LogP contribution in [0.5, 0.6) is 0 Å². The van der Waals surface area contributed by atoms with Crippen molar-refractivity contribution in [3.05, 3.63) is 96.6 Å². The highest BCUT2D eigenvalue weighted by Crippen LogP contribution is 2.67. The average Bonchev–Trinajstić information content (AvgIpc) is 2.89. The van der Waals surface area contributed by atoms with Crippen molar-refractivity contribution in [2.24, 2.45) is 0 Å². The highest BCUT2D eigenvalue weighted by molar-refractivity contribution is 9.09. The van der Waals surface area contributed by atoms with Gasteiger partial charge < -0.3 is 4.74 Å². The van der Waals surface area contributed by atoms with Crippen LogP contribution in [-0.2, 0) is 29.0 Å². The zero-order valence-electron chi connectivity index (χ0n) is 19.4. The molecule has 0 aliphatic heterocycles. The van der Waals surface area contributed by atoms with Gasteiger partial charge in [-0.25, -0.2) is 8.42 Å². The summed E-state index contributed by atoms with van der Waals surface area (Å²) in [6, 6.07) is 25.6. The zero-order valence-corrected chi connectivity index (χ0v) is 22.6. The Hall–Kier alpha value is -2.27. The van der Waals surface area contributed by atoms with Crippen LogP contribution in [-0.4, -0.2) is 31.6 Å². The molecule has 36 heavy (non-hydrogen) atoms. The fourth-order valence-electron chi connectivity index (χ4n) is 3.41. The molecule has 194 valence electrons. The lowest BCUT2D eigenvalue weighted by atomic mass is 10.2. The minimum atomic E-state index is -5.76. The van der Waals surface area contributed by atoms with Crippen LogP contribution in [0.2, 0.25) is 0 Å². The molecule has 0 amide bonds. The van der Waals surface area contributed by atoms with Gasteiger partial charge in [0.2, 0.25) is 0 Å². The van der Waals surface area contributed by atoms with Gasteiger partial charge in [0, 0.05) is 20.9 Å². The zero-order chi connectivity index (χ0) is 26.1. The molecule has 0 N–H and O–H groups in total. The maximum Gasteiger partial charge on any atom is 0.466 e. The normalized spacial score (nSPS) is 12.8. The summed E-state index contributed by atoms with van der Waals surface area (Å²) < 4.78 is 66.6. The van der Waals surface area contributed by atoms with Gasteiger partial charge in [0.05, 0.1) is 6.61 Å². The van der Waals surface area contributed by atoms with Crippen LogP contribution < -0.4 is 0 Å². The number of carbonyl (C=O) groups is 1. The van der Waals surface area contributed by atoms with Crippen LogP contribution in [0.1, 0.15) is 24.8 Å². The van der Waals surface area contributed by atoms with Crippen LogP contribution in [0, 0.1) is 0 Å². The van der Waals surface area contributed by atoms with Crippen molar-refractivity contribution in [1.29, 1.82) is 0 Å². The number of halogens is 3. The van der Waals surface area contributed by atoms with E-state index in [1.54, 1.807) is 91.0 Å². The van der Waals surface area contributed by atoms with Crippen LogP contribution >= 0.6 is 26.2 Å². The van der Waals surface area contributed by atoms with Crippen molar-refractivity contribution in [3.63, 3.8) is 0 Å². The van der Waals surface area contributed by atoms with E-state index in [4.69, 9.17) is 3.63 Å². The molecule has 0 atom stereocenters. The van der Waals surface area contributed by atoms with Gasteiger partial charge in [0.25, 0.3) is 0 Å². The molecule has 0 aliphatic carbocycles. The Morgan fingerprint density at radius 1 is 0.778 bits per heavy atom. The van der Waals surface area contributed by atoms with Gasteiger partial charge in [0.1, 0.15) is 0 Å². The van der Waals surface area contributed by atoms with Crippen molar-refractivity contribution >= 4 is 42.3 Å². The summed E-state index contributed by atoms with van der Waals surface area (Å²) in [6.07, 6.45) is 1.75. The van der Waals surface area contributed by atoms with Gasteiger partial charge in [-0.15, -0.1) is 0 Å². The first-order valence-electron chi connectivity index (χ1n) is 11.2. The SMILES string of the molecule is O=C(OCCCCCBr)C(F)(F)S(=O)(=O)OS(Cc1ccccc1)(c1ccccc1)c1ccccc1. The number of carbonyl (C=O) groups excluding carboxylic acids is 1. The second-order valence-electron chi connectivity index (χ2n) is 7.86. The number of hydrogen-bond donors (Lipinski definition) is 0. The molecule has 0 radical (unpaired) electrons. The minimum Gasteiger partial charge on any atom is -0.460 e. The van der Waals surface area contributed by atoms with E-state index in [1.807, 2.05) is 0 Å². The van der Waals surface area contributed by atoms with E-state index in [9.17, 15) is 13.2 Å². The Morgan fingerprint density at radius 3 is 1.78 bits per heavy atom. The minimum absolute atomic E-state index is 0.00122. The predicted molar refractivity (Wildman–Crippen MR) is 141 cm³/mol. The summed E-state index contributed by atoms with van der Waals surface area (Å²) in [4.78, 5) is 13.1.